The van der Waals surface area contributed by atoms with Crippen molar-refractivity contribution in [3.05, 3.63) is 18.2 Å². The molecule has 0 unspecified atom stereocenters. The number of rotatable bonds is 5. The molecule has 0 aliphatic carbocycles. The third kappa shape index (κ3) is 3.70. The van der Waals surface area contributed by atoms with Crippen LogP contribution >= 0.6 is 0 Å². The van der Waals surface area contributed by atoms with E-state index in [0.717, 1.165) is 24.4 Å². The molecule has 0 spiro atoms. The Labute approximate surface area is 91.6 Å². The molecule has 0 heterocycles. The molecule has 0 aromatic heterocycles. The SMILES string of the molecule is COc1cc(NCCC(C)C)ccc1N. The highest BCUT2D eigenvalue weighted by Crippen LogP contribution is 2.24. The number of nitrogens with two attached hydrogens (primary N) is 1. The lowest BCUT2D eigenvalue weighted by molar-refractivity contribution is 0.417. The fourth-order valence-corrected chi connectivity index (χ4v) is 1.33. The maximum Gasteiger partial charge on any atom is 0.143 e. The van der Waals surface area contributed by atoms with Crippen molar-refractivity contribution in [2.75, 3.05) is 24.7 Å². The summed E-state index contributed by atoms with van der Waals surface area (Å²) in [5, 5.41) is 3.34. The summed E-state index contributed by atoms with van der Waals surface area (Å²) in [5.41, 5.74) is 7.45. The third-order valence-corrected chi connectivity index (χ3v) is 2.28. The van der Waals surface area contributed by atoms with Gasteiger partial charge in [-0.1, -0.05) is 13.8 Å². The van der Waals surface area contributed by atoms with Crippen molar-refractivity contribution in [3.63, 3.8) is 0 Å². The number of hydrogen-bond donors (Lipinski definition) is 2. The number of anilines is 2. The zero-order valence-electron chi connectivity index (χ0n) is 9.71. The molecule has 1 aromatic rings. The van der Waals surface area contributed by atoms with E-state index in [1.165, 1.54) is 0 Å². The zero-order chi connectivity index (χ0) is 11.3. The van der Waals surface area contributed by atoms with Crippen LogP contribution in [-0.4, -0.2) is 13.7 Å². The Hall–Kier alpha value is -1.38. The maximum absolute atomic E-state index is 5.72. The standard InChI is InChI=1S/C12H20N2O/c1-9(2)6-7-14-10-4-5-11(13)12(8-10)15-3/h4-5,8-9,14H,6-7,13H2,1-3H3. The molecule has 0 aliphatic heterocycles. The highest BCUT2D eigenvalue weighted by molar-refractivity contribution is 5.61. The summed E-state index contributed by atoms with van der Waals surface area (Å²) in [4.78, 5) is 0. The summed E-state index contributed by atoms with van der Waals surface area (Å²) in [6.45, 7) is 5.40. The molecule has 84 valence electrons. The van der Waals surface area contributed by atoms with Gasteiger partial charge in [0.25, 0.3) is 0 Å². The molecule has 3 nitrogen and oxygen atoms in total. The Bertz CT molecular complexity index is 310. The van der Waals surface area contributed by atoms with Crippen LogP contribution in [0, 0.1) is 5.92 Å². The first-order valence-corrected chi connectivity index (χ1v) is 5.31. The smallest absolute Gasteiger partial charge is 0.143 e. The Kier molecular flexibility index (Phi) is 4.28. The third-order valence-electron chi connectivity index (χ3n) is 2.28. The monoisotopic (exact) mass is 208 g/mol. The number of nitrogens with one attached hydrogen (secondary N) is 1. The van der Waals surface area contributed by atoms with Crippen LogP contribution in [0.2, 0.25) is 0 Å². The lowest BCUT2D eigenvalue weighted by Crippen LogP contribution is -2.05. The van der Waals surface area contributed by atoms with Crippen molar-refractivity contribution >= 4 is 11.4 Å². The average Bonchev–Trinajstić information content (AvgIpc) is 2.20. The molecule has 1 rings (SSSR count). The first-order chi connectivity index (χ1) is 7.13. The van der Waals surface area contributed by atoms with Crippen molar-refractivity contribution in [1.82, 2.24) is 0 Å². The molecule has 0 radical (unpaired) electrons. The highest BCUT2D eigenvalue weighted by Gasteiger charge is 2.00. The predicted molar refractivity (Wildman–Crippen MR) is 65.4 cm³/mol. The fourth-order valence-electron chi connectivity index (χ4n) is 1.33. The minimum atomic E-state index is 0.673. The van der Waals surface area contributed by atoms with Gasteiger partial charge in [0, 0.05) is 18.3 Å². The molecular weight excluding hydrogens is 188 g/mol. The van der Waals surface area contributed by atoms with Gasteiger partial charge in [-0.15, -0.1) is 0 Å². The second-order valence-electron chi connectivity index (χ2n) is 4.07. The molecule has 0 aliphatic rings. The Balaban J connectivity index is 2.54. The van der Waals surface area contributed by atoms with E-state index >= 15 is 0 Å². The van der Waals surface area contributed by atoms with Crippen LogP contribution in [0.3, 0.4) is 0 Å². The first kappa shape index (κ1) is 11.7. The van der Waals surface area contributed by atoms with Crippen molar-refractivity contribution < 1.29 is 4.74 Å². The first-order valence-electron chi connectivity index (χ1n) is 5.31. The second kappa shape index (κ2) is 5.49. The predicted octanol–water partition coefficient (Wildman–Crippen LogP) is 2.74. The van der Waals surface area contributed by atoms with Crippen molar-refractivity contribution in [3.8, 4) is 5.75 Å². The van der Waals surface area contributed by atoms with E-state index in [1.54, 1.807) is 7.11 Å². The molecule has 0 bridgehead atoms. The highest BCUT2D eigenvalue weighted by atomic mass is 16.5. The Morgan fingerprint density at radius 2 is 2.13 bits per heavy atom. The molecular formula is C12H20N2O. The van der Waals surface area contributed by atoms with E-state index in [0.29, 0.717) is 11.6 Å². The van der Waals surface area contributed by atoms with E-state index < -0.39 is 0 Å². The van der Waals surface area contributed by atoms with Crippen LogP contribution in [0.4, 0.5) is 11.4 Å². The van der Waals surface area contributed by atoms with Gasteiger partial charge in [0.2, 0.25) is 0 Å². The summed E-state index contributed by atoms with van der Waals surface area (Å²) in [5.74, 6) is 1.44. The maximum atomic E-state index is 5.72. The fraction of sp³-hybridized carbons (Fsp3) is 0.500. The van der Waals surface area contributed by atoms with Gasteiger partial charge in [-0.25, -0.2) is 0 Å². The summed E-state index contributed by atoms with van der Waals surface area (Å²) >= 11 is 0. The summed E-state index contributed by atoms with van der Waals surface area (Å²) in [6.07, 6.45) is 1.16. The van der Waals surface area contributed by atoms with Gasteiger partial charge in [-0.2, -0.15) is 0 Å². The number of hydrogen-bond acceptors (Lipinski definition) is 3. The summed E-state index contributed by atoms with van der Waals surface area (Å²) in [7, 11) is 1.63. The van der Waals surface area contributed by atoms with Crippen molar-refractivity contribution in [2.45, 2.75) is 20.3 Å². The largest absolute Gasteiger partial charge is 0.495 e. The van der Waals surface area contributed by atoms with E-state index in [1.807, 2.05) is 18.2 Å². The zero-order valence-corrected chi connectivity index (χ0v) is 9.71. The molecule has 15 heavy (non-hydrogen) atoms. The number of nitrogen functional groups attached to an aromatic ring is 1. The van der Waals surface area contributed by atoms with Crippen LogP contribution in [0.5, 0.6) is 5.75 Å². The molecule has 0 atom stereocenters. The van der Waals surface area contributed by atoms with Gasteiger partial charge in [0.05, 0.1) is 12.8 Å². The summed E-state index contributed by atoms with van der Waals surface area (Å²) < 4.78 is 5.15. The lowest BCUT2D eigenvalue weighted by atomic mass is 10.1. The number of benzene rings is 1. The van der Waals surface area contributed by atoms with Crippen molar-refractivity contribution in [2.24, 2.45) is 5.92 Å². The van der Waals surface area contributed by atoms with E-state index in [2.05, 4.69) is 19.2 Å². The minimum absolute atomic E-state index is 0.673. The van der Waals surface area contributed by atoms with Gasteiger partial charge >= 0.3 is 0 Å². The average molecular weight is 208 g/mol. The quantitative estimate of drug-likeness (QED) is 0.731. The van der Waals surface area contributed by atoms with Crippen LogP contribution in [0.15, 0.2) is 18.2 Å². The van der Waals surface area contributed by atoms with Crippen molar-refractivity contribution in [1.29, 1.82) is 0 Å². The lowest BCUT2D eigenvalue weighted by Gasteiger charge is -2.10. The van der Waals surface area contributed by atoms with Gasteiger partial charge in [-0.3, -0.25) is 0 Å². The normalized spacial score (nSPS) is 10.4. The summed E-state index contributed by atoms with van der Waals surface area (Å²) in [6, 6.07) is 5.75. The van der Waals surface area contributed by atoms with Crippen LogP contribution in [0.25, 0.3) is 0 Å². The van der Waals surface area contributed by atoms with Crippen LogP contribution < -0.4 is 15.8 Å². The van der Waals surface area contributed by atoms with Crippen LogP contribution in [-0.2, 0) is 0 Å². The van der Waals surface area contributed by atoms with Gasteiger partial charge in [0.15, 0.2) is 0 Å². The van der Waals surface area contributed by atoms with E-state index in [4.69, 9.17) is 10.5 Å². The molecule has 0 saturated heterocycles. The number of methoxy groups -OCH3 is 1. The Morgan fingerprint density at radius 3 is 2.73 bits per heavy atom. The molecule has 0 amide bonds. The molecule has 0 fully saturated rings. The molecule has 1 aromatic carbocycles. The second-order valence-corrected chi connectivity index (χ2v) is 4.07. The molecule has 0 saturated carbocycles. The van der Waals surface area contributed by atoms with Gasteiger partial charge < -0.3 is 15.8 Å². The van der Waals surface area contributed by atoms with Gasteiger partial charge in [-0.05, 0) is 24.5 Å². The Morgan fingerprint density at radius 1 is 1.40 bits per heavy atom. The molecule has 3 N–H and O–H groups in total. The minimum Gasteiger partial charge on any atom is -0.495 e. The molecule has 3 heteroatoms. The topological polar surface area (TPSA) is 47.3 Å². The van der Waals surface area contributed by atoms with Crippen LogP contribution in [0.1, 0.15) is 20.3 Å². The van der Waals surface area contributed by atoms with Gasteiger partial charge in [0.1, 0.15) is 5.75 Å². The van der Waals surface area contributed by atoms with E-state index in [-0.39, 0.29) is 0 Å². The van der Waals surface area contributed by atoms with E-state index in [9.17, 15) is 0 Å². The number of ether oxygens (including phenoxy) is 1.